The molecule has 0 radical (unpaired) electrons. The van der Waals surface area contributed by atoms with Gasteiger partial charge in [0, 0.05) is 34.4 Å². The molecule has 1 atom stereocenters. The maximum absolute atomic E-state index is 13.7. The van der Waals surface area contributed by atoms with Crippen LogP contribution in [0.15, 0.2) is 76.9 Å². The Morgan fingerprint density at radius 1 is 1.10 bits per heavy atom. The standard InChI is InChI=1S/C30H34N6O2S/c1-5-30(2,3)36-28(32-33-34-36)27(25-19-22-18-23(38-4)13-14-26(22)31-29(25)37)35(20-24-12-9-17-39-24)16-15-21-10-7-6-8-11-21/h6-14,17-19,27H,5,15-16,20H2,1-4H3,(H,31,37)/t27-/m0/s1. The van der Waals surface area contributed by atoms with E-state index in [9.17, 15) is 4.79 Å². The van der Waals surface area contributed by atoms with Gasteiger partial charge < -0.3 is 9.72 Å². The van der Waals surface area contributed by atoms with E-state index in [1.807, 2.05) is 35.0 Å². The molecule has 0 aliphatic heterocycles. The number of pyridine rings is 1. The Bertz CT molecular complexity index is 1580. The van der Waals surface area contributed by atoms with Crippen molar-refractivity contribution in [2.45, 2.75) is 51.7 Å². The van der Waals surface area contributed by atoms with Crippen LogP contribution < -0.4 is 10.3 Å². The summed E-state index contributed by atoms with van der Waals surface area (Å²) in [6.45, 7) is 7.72. The second kappa shape index (κ2) is 11.5. The first kappa shape index (κ1) is 26.8. The second-order valence-electron chi connectivity index (χ2n) is 10.3. The molecule has 0 saturated heterocycles. The van der Waals surface area contributed by atoms with Crippen molar-refractivity contribution in [1.82, 2.24) is 30.1 Å². The van der Waals surface area contributed by atoms with Crippen LogP contribution in [0.5, 0.6) is 5.75 Å². The Hall–Kier alpha value is -3.82. The van der Waals surface area contributed by atoms with Gasteiger partial charge in [-0.25, -0.2) is 4.68 Å². The number of nitrogens with one attached hydrogen (secondary N) is 1. The third kappa shape index (κ3) is 5.79. The van der Waals surface area contributed by atoms with Crippen LogP contribution in [0.4, 0.5) is 0 Å². The van der Waals surface area contributed by atoms with Gasteiger partial charge in [-0.1, -0.05) is 43.3 Å². The Labute approximate surface area is 232 Å². The number of thiophene rings is 1. The van der Waals surface area contributed by atoms with Crippen LogP contribution in [-0.4, -0.2) is 43.7 Å². The second-order valence-corrected chi connectivity index (χ2v) is 11.3. The Morgan fingerprint density at radius 3 is 2.64 bits per heavy atom. The minimum absolute atomic E-state index is 0.155. The van der Waals surface area contributed by atoms with Gasteiger partial charge >= 0.3 is 0 Å². The Kier molecular flexibility index (Phi) is 7.90. The molecule has 0 spiro atoms. The maximum atomic E-state index is 13.7. The van der Waals surface area contributed by atoms with Crippen LogP contribution in [0.3, 0.4) is 0 Å². The van der Waals surface area contributed by atoms with E-state index >= 15 is 0 Å². The van der Waals surface area contributed by atoms with E-state index in [0.29, 0.717) is 24.5 Å². The Morgan fingerprint density at radius 2 is 1.92 bits per heavy atom. The first-order chi connectivity index (χ1) is 18.9. The van der Waals surface area contributed by atoms with Crippen molar-refractivity contribution in [3.05, 3.63) is 104 Å². The molecule has 202 valence electrons. The highest BCUT2D eigenvalue weighted by Crippen LogP contribution is 2.33. The normalized spacial score (nSPS) is 12.7. The monoisotopic (exact) mass is 542 g/mol. The molecule has 0 unspecified atom stereocenters. The number of aromatic amines is 1. The van der Waals surface area contributed by atoms with E-state index < -0.39 is 6.04 Å². The molecule has 0 fully saturated rings. The number of benzene rings is 2. The lowest BCUT2D eigenvalue weighted by atomic mass is 9.98. The molecule has 1 N–H and O–H groups in total. The summed E-state index contributed by atoms with van der Waals surface area (Å²) in [6, 6.07) is 21.8. The van der Waals surface area contributed by atoms with Crippen LogP contribution in [0.25, 0.3) is 10.9 Å². The molecule has 0 bridgehead atoms. The molecule has 3 aromatic heterocycles. The molecule has 5 rings (SSSR count). The summed E-state index contributed by atoms with van der Waals surface area (Å²) >= 11 is 1.71. The lowest BCUT2D eigenvalue weighted by molar-refractivity contribution is 0.191. The van der Waals surface area contributed by atoms with Gasteiger partial charge in [-0.2, -0.15) is 0 Å². The summed E-state index contributed by atoms with van der Waals surface area (Å²) < 4.78 is 7.36. The number of rotatable bonds is 11. The van der Waals surface area contributed by atoms with Crippen molar-refractivity contribution >= 4 is 22.2 Å². The molecule has 3 heterocycles. The average molecular weight is 543 g/mol. The van der Waals surface area contributed by atoms with Crippen LogP contribution in [-0.2, 0) is 18.5 Å². The minimum atomic E-state index is -0.476. The fourth-order valence-electron chi connectivity index (χ4n) is 4.80. The number of ether oxygens (including phenoxy) is 1. The third-order valence-electron chi connectivity index (χ3n) is 7.39. The summed E-state index contributed by atoms with van der Waals surface area (Å²) in [5, 5.41) is 16.1. The lowest BCUT2D eigenvalue weighted by Gasteiger charge is -2.33. The molecular weight excluding hydrogens is 508 g/mol. The quantitative estimate of drug-likeness (QED) is 0.235. The van der Waals surface area contributed by atoms with Crippen LogP contribution in [0, 0.1) is 0 Å². The first-order valence-corrected chi connectivity index (χ1v) is 14.1. The van der Waals surface area contributed by atoms with Gasteiger partial charge in [0.05, 0.1) is 12.6 Å². The van der Waals surface area contributed by atoms with Crippen LogP contribution in [0.1, 0.15) is 55.1 Å². The summed E-state index contributed by atoms with van der Waals surface area (Å²) in [6.07, 6.45) is 1.65. The van der Waals surface area contributed by atoms with Crippen molar-refractivity contribution in [2.24, 2.45) is 0 Å². The largest absolute Gasteiger partial charge is 0.497 e. The van der Waals surface area contributed by atoms with Gasteiger partial charge in [-0.15, -0.1) is 16.4 Å². The number of nitrogens with zero attached hydrogens (tertiary/aromatic N) is 5. The molecule has 5 aromatic rings. The van der Waals surface area contributed by atoms with Crippen molar-refractivity contribution < 1.29 is 4.74 Å². The van der Waals surface area contributed by atoms with E-state index in [2.05, 4.69) is 88.0 Å². The topological polar surface area (TPSA) is 88.9 Å². The molecule has 8 nitrogen and oxygen atoms in total. The van der Waals surface area contributed by atoms with E-state index in [4.69, 9.17) is 4.74 Å². The lowest BCUT2D eigenvalue weighted by Crippen LogP contribution is -2.39. The molecule has 9 heteroatoms. The fraction of sp³-hybridized carbons (Fsp3) is 0.333. The van der Waals surface area contributed by atoms with Gasteiger partial charge in [0.2, 0.25) is 0 Å². The van der Waals surface area contributed by atoms with Gasteiger partial charge in [0.15, 0.2) is 5.82 Å². The van der Waals surface area contributed by atoms with Crippen molar-refractivity contribution in [3.63, 3.8) is 0 Å². The van der Waals surface area contributed by atoms with Crippen molar-refractivity contribution in [3.8, 4) is 5.75 Å². The third-order valence-corrected chi connectivity index (χ3v) is 8.25. The van der Waals surface area contributed by atoms with E-state index in [1.165, 1.54) is 10.4 Å². The fourth-order valence-corrected chi connectivity index (χ4v) is 5.53. The summed E-state index contributed by atoms with van der Waals surface area (Å²) in [4.78, 5) is 20.4. The number of hydrogen-bond donors (Lipinski definition) is 1. The average Bonchev–Trinajstić information content (AvgIpc) is 3.65. The van der Waals surface area contributed by atoms with Gasteiger partial charge in [-0.3, -0.25) is 9.69 Å². The first-order valence-electron chi connectivity index (χ1n) is 13.2. The maximum Gasteiger partial charge on any atom is 0.253 e. The SMILES string of the molecule is CCC(C)(C)n1nnnc1[C@H](c1cc2cc(OC)ccc2[nH]c1=O)N(CCc1ccccc1)Cc1cccs1. The van der Waals surface area contributed by atoms with E-state index in [1.54, 1.807) is 18.4 Å². The summed E-state index contributed by atoms with van der Waals surface area (Å²) in [5.74, 6) is 1.38. The van der Waals surface area contributed by atoms with Gasteiger partial charge in [0.1, 0.15) is 11.8 Å². The van der Waals surface area contributed by atoms with E-state index in [0.717, 1.165) is 29.5 Å². The summed E-state index contributed by atoms with van der Waals surface area (Å²) in [5.41, 5.74) is 2.10. The number of aromatic nitrogens is 5. The number of H-pyrrole nitrogens is 1. The molecule has 0 aliphatic rings. The van der Waals surface area contributed by atoms with Crippen LogP contribution >= 0.6 is 11.3 Å². The highest BCUT2D eigenvalue weighted by molar-refractivity contribution is 7.09. The van der Waals surface area contributed by atoms with Crippen molar-refractivity contribution in [2.75, 3.05) is 13.7 Å². The zero-order valence-electron chi connectivity index (χ0n) is 22.8. The molecule has 0 aliphatic carbocycles. The molecule has 0 saturated carbocycles. The predicted molar refractivity (Wildman–Crippen MR) is 155 cm³/mol. The van der Waals surface area contributed by atoms with E-state index in [-0.39, 0.29) is 11.1 Å². The van der Waals surface area contributed by atoms with Gasteiger partial charge in [-0.05, 0) is 78.4 Å². The molecular formula is C30H34N6O2S. The molecule has 2 aromatic carbocycles. The highest BCUT2D eigenvalue weighted by atomic mass is 32.1. The van der Waals surface area contributed by atoms with Gasteiger partial charge in [0.25, 0.3) is 5.56 Å². The van der Waals surface area contributed by atoms with Crippen molar-refractivity contribution in [1.29, 1.82) is 0 Å². The number of tetrazole rings is 1. The highest BCUT2D eigenvalue weighted by Gasteiger charge is 2.34. The Balaban J connectivity index is 1.69. The number of methoxy groups -OCH3 is 1. The van der Waals surface area contributed by atoms with Crippen LogP contribution in [0.2, 0.25) is 0 Å². The zero-order chi connectivity index (χ0) is 27.4. The number of fused-ring (bicyclic) bond motifs is 1. The molecule has 39 heavy (non-hydrogen) atoms. The molecule has 0 amide bonds. The predicted octanol–water partition coefficient (Wildman–Crippen LogP) is 5.56. The number of hydrogen-bond acceptors (Lipinski definition) is 7. The zero-order valence-corrected chi connectivity index (χ0v) is 23.6. The summed E-state index contributed by atoms with van der Waals surface area (Å²) in [7, 11) is 1.64. The minimum Gasteiger partial charge on any atom is -0.497 e. The smallest absolute Gasteiger partial charge is 0.253 e.